The van der Waals surface area contributed by atoms with Crippen molar-refractivity contribution in [2.75, 3.05) is 88.5 Å². The quantitative estimate of drug-likeness (QED) is 0.372. The minimum atomic E-state index is -0.992. The fourth-order valence-electron chi connectivity index (χ4n) is 6.02. The Morgan fingerprint density at radius 3 is 1.42 bits per heavy atom. The summed E-state index contributed by atoms with van der Waals surface area (Å²) in [6.07, 6.45) is -0.327. The van der Waals surface area contributed by atoms with E-state index < -0.39 is 23.0 Å². The van der Waals surface area contributed by atoms with Crippen molar-refractivity contribution in [3.05, 3.63) is 59.2 Å². The van der Waals surface area contributed by atoms with Crippen molar-refractivity contribution in [2.24, 2.45) is 0 Å². The van der Waals surface area contributed by atoms with Gasteiger partial charge >= 0.3 is 18.2 Å². The zero-order valence-corrected chi connectivity index (χ0v) is 32.5. The van der Waals surface area contributed by atoms with E-state index in [4.69, 9.17) is 31.5 Å². The van der Waals surface area contributed by atoms with Crippen LogP contribution in [0.4, 0.5) is 29.7 Å². The van der Waals surface area contributed by atoms with E-state index >= 15 is 0 Å². The van der Waals surface area contributed by atoms with Gasteiger partial charge < -0.3 is 43.8 Å². The number of halogens is 2. The van der Waals surface area contributed by atoms with Crippen LogP contribution in [0.15, 0.2) is 36.4 Å². The van der Waals surface area contributed by atoms with Gasteiger partial charge in [0, 0.05) is 71.9 Å². The molecule has 2 aromatic carbocycles. The lowest BCUT2D eigenvalue weighted by molar-refractivity contribution is -0.136. The highest BCUT2D eigenvalue weighted by Crippen LogP contribution is 2.25. The standard InChI is InChI=1S/C21H30FN3O3S.C17H23FN2O4/c1-21(2,3)28-20(26)25-8-6-23(7-9-25)18-5-4-16(14-17(18)22)15-19(29)24-10-12-27-13-11-24;1-17(2,3)24-16(23)20-8-6-19(7-9-20)14-5-4-12(10-13(14)18)11-15(21)22/h4-5,14H,6-13,15H2,1-3H3;4-5,10H,6-9,11H2,1-3H3,(H,21,22). The molecule has 15 heteroatoms. The van der Waals surface area contributed by atoms with Crippen LogP contribution in [0.5, 0.6) is 0 Å². The van der Waals surface area contributed by atoms with Gasteiger partial charge in [0.2, 0.25) is 0 Å². The van der Waals surface area contributed by atoms with Gasteiger partial charge in [-0.25, -0.2) is 18.4 Å². The zero-order valence-electron chi connectivity index (χ0n) is 31.7. The Morgan fingerprint density at radius 1 is 0.660 bits per heavy atom. The van der Waals surface area contributed by atoms with E-state index in [2.05, 4.69) is 4.90 Å². The number of nitrogens with zero attached hydrogens (tertiary/aromatic N) is 5. The lowest BCUT2D eigenvalue weighted by Gasteiger charge is -2.37. The summed E-state index contributed by atoms with van der Waals surface area (Å²) >= 11 is 5.52. The summed E-state index contributed by atoms with van der Waals surface area (Å²) in [5.74, 6) is -1.69. The van der Waals surface area contributed by atoms with Crippen molar-refractivity contribution in [3.8, 4) is 0 Å². The smallest absolute Gasteiger partial charge is 0.410 e. The van der Waals surface area contributed by atoms with Gasteiger partial charge in [0.15, 0.2) is 0 Å². The SMILES string of the molecule is CC(C)(C)OC(=O)N1CCN(c2ccc(CC(=O)O)cc2F)CC1.CC(C)(C)OC(=O)N1CCN(c2ccc(CC(=S)N3CCOCC3)cc2F)CC1. The van der Waals surface area contributed by atoms with E-state index in [9.17, 15) is 23.2 Å². The summed E-state index contributed by atoms with van der Waals surface area (Å²) in [7, 11) is 0. The van der Waals surface area contributed by atoms with Gasteiger partial charge in [-0.05, 0) is 76.9 Å². The molecule has 5 rings (SSSR count). The number of morpholine rings is 1. The highest BCUT2D eigenvalue weighted by molar-refractivity contribution is 7.80. The van der Waals surface area contributed by atoms with Crippen LogP contribution >= 0.6 is 12.2 Å². The number of thiocarbonyl (C=S) groups is 1. The Hall–Kier alpha value is -4.24. The van der Waals surface area contributed by atoms with Crippen molar-refractivity contribution in [1.82, 2.24) is 14.7 Å². The molecule has 0 aromatic heterocycles. The summed E-state index contributed by atoms with van der Waals surface area (Å²) < 4.78 is 45.1. The number of aliphatic carboxylic acids is 1. The Balaban J connectivity index is 0.000000241. The third-order valence-electron chi connectivity index (χ3n) is 8.64. The van der Waals surface area contributed by atoms with Gasteiger partial charge in [-0.3, -0.25) is 4.79 Å². The van der Waals surface area contributed by atoms with Gasteiger partial charge in [0.25, 0.3) is 0 Å². The minimum Gasteiger partial charge on any atom is -0.481 e. The van der Waals surface area contributed by atoms with E-state index in [0.717, 1.165) is 23.6 Å². The lowest BCUT2D eigenvalue weighted by Crippen LogP contribution is -2.50. The maximum absolute atomic E-state index is 14.8. The Kier molecular flexibility index (Phi) is 14.3. The highest BCUT2D eigenvalue weighted by Gasteiger charge is 2.28. The maximum atomic E-state index is 14.8. The van der Waals surface area contributed by atoms with E-state index in [0.29, 0.717) is 88.9 Å². The highest BCUT2D eigenvalue weighted by atomic mass is 32.1. The van der Waals surface area contributed by atoms with Gasteiger partial charge in [0.05, 0.1) is 36.0 Å². The Morgan fingerprint density at radius 2 is 1.06 bits per heavy atom. The number of carboxylic acids is 1. The van der Waals surface area contributed by atoms with Crippen LogP contribution in [-0.4, -0.2) is 133 Å². The van der Waals surface area contributed by atoms with E-state index in [1.54, 1.807) is 28.0 Å². The van der Waals surface area contributed by atoms with Crippen molar-refractivity contribution < 1.29 is 42.5 Å². The number of amides is 2. The van der Waals surface area contributed by atoms with E-state index in [1.807, 2.05) is 63.5 Å². The first-order chi connectivity index (χ1) is 24.9. The average molecular weight is 762 g/mol. The number of hydrogen-bond donors (Lipinski definition) is 1. The normalized spacial score (nSPS) is 16.8. The third kappa shape index (κ3) is 13.0. The number of rotatable bonds is 6. The number of benzene rings is 2. The molecule has 292 valence electrons. The minimum absolute atomic E-state index is 0.205. The topological polar surface area (TPSA) is 115 Å². The summed E-state index contributed by atoms with van der Waals surface area (Å²) in [5.41, 5.74) is 1.23. The number of carbonyl (C=O) groups is 3. The molecule has 3 heterocycles. The van der Waals surface area contributed by atoms with Crippen LogP contribution in [0.25, 0.3) is 0 Å². The number of ether oxygens (including phenoxy) is 3. The first kappa shape index (κ1) is 41.5. The second kappa shape index (κ2) is 18.2. The number of piperazine rings is 2. The molecule has 3 aliphatic heterocycles. The molecule has 0 saturated carbocycles. The van der Waals surface area contributed by atoms with Crippen molar-refractivity contribution >= 4 is 46.7 Å². The summed E-state index contributed by atoms with van der Waals surface area (Å²) in [4.78, 5) is 45.0. The van der Waals surface area contributed by atoms with E-state index in [-0.39, 0.29) is 24.4 Å². The molecular formula is C38H53F2N5O7S. The fourth-order valence-corrected chi connectivity index (χ4v) is 6.37. The molecular weight excluding hydrogens is 709 g/mol. The van der Waals surface area contributed by atoms with Crippen LogP contribution < -0.4 is 9.80 Å². The molecule has 0 atom stereocenters. The molecule has 0 aliphatic carbocycles. The number of hydrogen-bond acceptors (Lipinski definition) is 9. The van der Waals surface area contributed by atoms with Crippen LogP contribution in [0.3, 0.4) is 0 Å². The summed E-state index contributed by atoms with van der Waals surface area (Å²) in [5, 5.41) is 8.76. The van der Waals surface area contributed by atoms with Gasteiger partial charge in [-0.1, -0.05) is 24.4 Å². The average Bonchev–Trinajstić information content (AvgIpc) is 3.07. The van der Waals surface area contributed by atoms with Crippen LogP contribution in [-0.2, 0) is 31.8 Å². The third-order valence-corrected chi connectivity index (χ3v) is 9.05. The number of carboxylic acid groups (broad SMARTS) is 1. The molecule has 0 bridgehead atoms. The fraction of sp³-hybridized carbons (Fsp3) is 0.579. The van der Waals surface area contributed by atoms with Gasteiger partial charge in [0.1, 0.15) is 22.8 Å². The molecule has 0 unspecified atom stereocenters. The second-order valence-electron chi connectivity index (χ2n) is 15.2. The van der Waals surface area contributed by atoms with E-state index in [1.165, 1.54) is 6.07 Å². The number of anilines is 2. The summed E-state index contributed by atoms with van der Waals surface area (Å²) in [6.45, 7) is 18.0. The summed E-state index contributed by atoms with van der Waals surface area (Å²) in [6, 6.07) is 9.79. The molecule has 0 radical (unpaired) electrons. The molecule has 2 aromatic rings. The number of carbonyl (C=O) groups excluding carboxylic acids is 2. The second-order valence-corrected chi connectivity index (χ2v) is 15.7. The molecule has 2 amide bonds. The van der Waals surface area contributed by atoms with Crippen molar-refractivity contribution in [1.29, 1.82) is 0 Å². The molecule has 3 fully saturated rings. The first-order valence-electron chi connectivity index (χ1n) is 18.0. The van der Waals surface area contributed by atoms with Crippen molar-refractivity contribution in [2.45, 2.75) is 65.6 Å². The van der Waals surface area contributed by atoms with Crippen molar-refractivity contribution in [3.63, 3.8) is 0 Å². The maximum Gasteiger partial charge on any atom is 0.410 e. The van der Waals surface area contributed by atoms with Gasteiger partial charge in [-0.2, -0.15) is 0 Å². The molecule has 0 spiro atoms. The van der Waals surface area contributed by atoms with Crippen LogP contribution in [0.1, 0.15) is 52.7 Å². The zero-order chi connectivity index (χ0) is 38.9. The van der Waals surface area contributed by atoms with Crippen LogP contribution in [0.2, 0.25) is 0 Å². The molecule has 53 heavy (non-hydrogen) atoms. The monoisotopic (exact) mass is 761 g/mol. The Labute approximate surface area is 316 Å². The first-order valence-corrected chi connectivity index (χ1v) is 18.4. The molecule has 3 aliphatic rings. The molecule has 1 N–H and O–H groups in total. The van der Waals surface area contributed by atoms with Gasteiger partial charge in [-0.15, -0.1) is 0 Å². The molecule has 3 saturated heterocycles. The molecule has 12 nitrogen and oxygen atoms in total. The van der Waals surface area contributed by atoms with Crippen LogP contribution in [0, 0.1) is 11.6 Å². The largest absolute Gasteiger partial charge is 0.481 e. The Bertz CT molecular complexity index is 1590. The predicted molar refractivity (Wildman–Crippen MR) is 203 cm³/mol. The predicted octanol–water partition coefficient (Wildman–Crippen LogP) is 5.59. The lowest BCUT2D eigenvalue weighted by atomic mass is 10.1.